The van der Waals surface area contributed by atoms with E-state index in [1.807, 2.05) is 0 Å². The van der Waals surface area contributed by atoms with E-state index in [1.54, 1.807) is 7.11 Å². The van der Waals surface area contributed by atoms with Gasteiger partial charge in [0.25, 0.3) is 0 Å². The van der Waals surface area contributed by atoms with Gasteiger partial charge in [-0.3, -0.25) is 0 Å². The van der Waals surface area contributed by atoms with Gasteiger partial charge >= 0.3 is 0 Å². The Morgan fingerprint density at radius 2 is 2.13 bits per heavy atom. The summed E-state index contributed by atoms with van der Waals surface area (Å²) in [6.07, 6.45) is 4.07. The van der Waals surface area contributed by atoms with Gasteiger partial charge in [-0.1, -0.05) is 6.42 Å². The van der Waals surface area contributed by atoms with Gasteiger partial charge in [-0.2, -0.15) is 0 Å². The third kappa shape index (κ3) is 4.49. The molecule has 1 fully saturated rings. The van der Waals surface area contributed by atoms with Crippen LogP contribution >= 0.6 is 0 Å². The van der Waals surface area contributed by atoms with Crippen molar-refractivity contribution in [3.8, 4) is 0 Å². The maximum Gasteiger partial charge on any atom is 0.0746 e. The summed E-state index contributed by atoms with van der Waals surface area (Å²) in [7, 11) is 4.00. The monoisotopic (exact) mass is 214 g/mol. The number of methoxy groups -OCH3 is 1. The second kappa shape index (κ2) is 5.83. The zero-order valence-corrected chi connectivity index (χ0v) is 10.7. The number of ether oxygens (including phenoxy) is 1. The Balaban J connectivity index is 2.19. The number of likely N-dealkylation sites (N-methyl/N-ethyl adjacent to an activating group) is 1. The van der Waals surface area contributed by atoms with E-state index in [2.05, 4.69) is 31.1 Å². The van der Waals surface area contributed by atoms with Crippen LogP contribution in [-0.4, -0.2) is 50.3 Å². The fourth-order valence-corrected chi connectivity index (χ4v) is 2.01. The van der Waals surface area contributed by atoms with Crippen molar-refractivity contribution in [2.45, 2.75) is 44.8 Å². The average molecular weight is 214 g/mol. The molecule has 0 amide bonds. The standard InChI is InChI=1S/C12H26N2O/c1-12(2,15-4)10-13-9-11-7-5-6-8-14(11)3/h11,13H,5-10H2,1-4H3. The molecule has 1 N–H and O–H groups in total. The highest BCUT2D eigenvalue weighted by Crippen LogP contribution is 2.14. The predicted molar refractivity (Wildman–Crippen MR) is 64.2 cm³/mol. The van der Waals surface area contributed by atoms with Crippen LogP contribution in [0.4, 0.5) is 0 Å². The van der Waals surface area contributed by atoms with Crippen molar-refractivity contribution in [3.05, 3.63) is 0 Å². The molecule has 0 aromatic rings. The Labute approximate surface area is 94.2 Å². The van der Waals surface area contributed by atoms with Crippen molar-refractivity contribution >= 4 is 0 Å². The molecule has 15 heavy (non-hydrogen) atoms. The fourth-order valence-electron chi connectivity index (χ4n) is 2.01. The Morgan fingerprint density at radius 1 is 1.40 bits per heavy atom. The molecule has 3 nitrogen and oxygen atoms in total. The molecule has 0 aromatic carbocycles. The minimum Gasteiger partial charge on any atom is -0.377 e. The molecule has 0 bridgehead atoms. The van der Waals surface area contributed by atoms with Crippen molar-refractivity contribution in [2.75, 3.05) is 33.8 Å². The summed E-state index contributed by atoms with van der Waals surface area (Å²) in [5.74, 6) is 0. The van der Waals surface area contributed by atoms with E-state index in [-0.39, 0.29) is 5.60 Å². The summed E-state index contributed by atoms with van der Waals surface area (Å²) >= 11 is 0. The highest BCUT2D eigenvalue weighted by molar-refractivity contribution is 4.78. The smallest absolute Gasteiger partial charge is 0.0746 e. The number of hydrogen-bond donors (Lipinski definition) is 1. The summed E-state index contributed by atoms with van der Waals surface area (Å²) in [6, 6.07) is 0.714. The molecule has 0 aliphatic carbocycles. The van der Waals surface area contributed by atoms with Gasteiger partial charge in [-0.25, -0.2) is 0 Å². The lowest BCUT2D eigenvalue weighted by Gasteiger charge is -2.33. The third-order valence-electron chi connectivity index (χ3n) is 3.40. The van der Waals surface area contributed by atoms with Crippen LogP contribution in [0.3, 0.4) is 0 Å². The molecule has 1 atom stereocenters. The van der Waals surface area contributed by atoms with Gasteiger partial charge in [0, 0.05) is 26.2 Å². The van der Waals surface area contributed by atoms with E-state index in [0.717, 1.165) is 13.1 Å². The summed E-state index contributed by atoms with van der Waals surface area (Å²) < 4.78 is 5.38. The van der Waals surface area contributed by atoms with Gasteiger partial charge in [0.1, 0.15) is 0 Å². The van der Waals surface area contributed by atoms with Crippen molar-refractivity contribution in [1.29, 1.82) is 0 Å². The first-order valence-electron chi connectivity index (χ1n) is 6.01. The van der Waals surface area contributed by atoms with E-state index in [0.29, 0.717) is 6.04 Å². The van der Waals surface area contributed by atoms with E-state index >= 15 is 0 Å². The number of nitrogens with one attached hydrogen (secondary N) is 1. The number of hydrogen-bond acceptors (Lipinski definition) is 3. The molecular formula is C12H26N2O. The van der Waals surface area contributed by atoms with Crippen molar-refractivity contribution in [1.82, 2.24) is 10.2 Å². The summed E-state index contributed by atoms with van der Waals surface area (Å²) in [4.78, 5) is 2.47. The molecule has 0 spiro atoms. The first-order valence-corrected chi connectivity index (χ1v) is 6.01. The highest BCUT2D eigenvalue weighted by Gasteiger charge is 2.20. The summed E-state index contributed by atoms with van der Waals surface area (Å²) in [6.45, 7) is 7.49. The first-order chi connectivity index (χ1) is 7.05. The van der Waals surface area contributed by atoms with Crippen LogP contribution in [0.1, 0.15) is 33.1 Å². The van der Waals surface area contributed by atoms with Crippen LogP contribution in [0.15, 0.2) is 0 Å². The molecule has 0 radical (unpaired) electrons. The van der Waals surface area contributed by atoms with Gasteiger partial charge < -0.3 is 15.0 Å². The largest absolute Gasteiger partial charge is 0.377 e. The zero-order chi connectivity index (χ0) is 11.3. The quantitative estimate of drug-likeness (QED) is 0.750. The minimum atomic E-state index is -0.0484. The molecular weight excluding hydrogens is 188 g/mol. The molecule has 3 heteroatoms. The molecule has 1 aliphatic rings. The lowest BCUT2D eigenvalue weighted by atomic mass is 10.0. The first kappa shape index (κ1) is 12.9. The zero-order valence-electron chi connectivity index (χ0n) is 10.7. The lowest BCUT2D eigenvalue weighted by Crippen LogP contribution is -2.46. The minimum absolute atomic E-state index is 0.0484. The predicted octanol–water partition coefficient (Wildman–Crippen LogP) is 1.49. The van der Waals surface area contributed by atoms with Crippen molar-refractivity contribution < 1.29 is 4.74 Å². The van der Waals surface area contributed by atoms with Crippen LogP contribution in [0, 0.1) is 0 Å². The third-order valence-corrected chi connectivity index (χ3v) is 3.40. The van der Waals surface area contributed by atoms with Gasteiger partial charge in [0.2, 0.25) is 0 Å². The van der Waals surface area contributed by atoms with Gasteiger partial charge in [0.05, 0.1) is 5.60 Å². The topological polar surface area (TPSA) is 24.5 Å². The van der Waals surface area contributed by atoms with Crippen LogP contribution in [0.5, 0.6) is 0 Å². The number of likely N-dealkylation sites (tertiary alicyclic amines) is 1. The number of rotatable bonds is 5. The van der Waals surface area contributed by atoms with Crippen molar-refractivity contribution in [2.24, 2.45) is 0 Å². The Morgan fingerprint density at radius 3 is 2.73 bits per heavy atom. The van der Waals surface area contributed by atoms with Crippen LogP contribution in [0.2, 0.25) is 0 Å². The molecule has 0 aromatic heterocycles. The van der Waals surface area contributed by atoms with Gasteiger partial charge in [0.15, 0.2) is 0 Å². The van der Waals surface area contributed by atoms with Crippen LogP contribution < -0.4 is 5.32 Å². The SMILES string of the molecule is COC(C)(C)CNCC1CCCCN1C. The van der Waals surface area contributed by atoms with Gasteiger partial charge in [-0.05, 0) is 40.3 Å². The molecule has 1 unspecified atom stereocenters. The van der Waals surface area contributed by atoms with Crippen molar-refractivity contribution in [3.63, 3.8) is 0 Å². The highest BCUT2D eigenvalue weighted by atomic mass is 16.5. The molecule has 1 saturated heterocycles. The summed E-state index contributed by atoms with van der Waals surface area (Å²) in [5, 5.41) is 3.51. The molecule has 1 heterocycles. The van der Waals surface area contributed by atoms with Crippen LogP contribution in [0.25, 0.3) is 0 Å². The van der Waals surface area contributed by atoms with Crippen LogP contribution in [-0.2, 0) is 4.74 Å². The molecule has 1 rings (SSSR count). The molecule has 0 saturated carbocycles. The Bertz CT molecular complexity index is 182. The maximum absolute atomic E-state index is 5.38. The molecule has 90 valence electrons. The second-order valence-electron chi connectivity index (χ2n) is 5.22. The van der Waals surface area contributed by atoms with E-state index in [9.17, 15) is 0 Å². The molecule has 1 aliphatic heterocycles. The second-order valence-corrected chi connectivity index (χ2v) is 5.22. The maximum atomic E-state index is 5.38. The Hall–Kier alpha value is -0.120. The normalized spacial score (nSPS) is 24.4. The van der Waals surface area contributed by atoms with E-state index in [4.69, 9.17) is 4.74 Å². The number of piperidine rings is 1. The Kier molecular flexibility index (Phi) is 5.03. The van der Waals surface area contributed by atoms with E-state index in [1.165, 1.54) is 25.8 Å². The van der Waals surface area contributed by atoms with E-state index < -0.39 is 0 Å². The lowest BCUT2D eigenvalue weighted by molar-refractivity contribution is 0.0215. The fraction of sp³-hybridized carbons (Fsp3) is 1.00. The summed E-state index contributed by atoms with van der Waals surface area (Å²) in [5.41, 5.74) is -0.0484. The average Bonchev–Trinajstić information content (AvgIpc) is 2.21. The van der Waals surface area contributed by atoms with Gasteiger partial charge in [-0.15, -0.1) is 0 Å². The number of nitrogens with zero attached hydrogens (tertiary/aromatic N) is 1.